The summed E-state index contributed by atoms with van der Waals surface area (Å²) in [5.74, 6) is 0.532. The van der Waals surface area contributed by atoms with Gasteiger partial charge in [-0.2, -0.15) is 0 Å². The second-order valence-corrected chi connectivity index (χ2v) is 8.87. The summed E-state index contributed by atoms with van der Waals surface area (Å²) in [7, 11) is 0. The lowest BCUT2D eigenvalue weighted by Crippen LogP contribution is -2.38. The first-order chi connectivity index (χ1) is 13.9. The van der Waals surface area contributed by atoms with Gasteiger partial charge in [0.2, 0.25) is 0 Å². The maximum atomic E-state index is 12.5. The highest BCUT2D eigenvalue weighted by molar-refractivity contribution is 5.72. The van der Waals surface area contributed by atoms with Crippen molar-refractivity contribution in [3.63, 3.8) is 0 Å². The molecule has 1 aliphatic rings. The Morgan fingerprint density at radius 2 is 1.79 bits per heavy atom. The average Bonchev–Trinajstić information content (AvgIpc) is 2.75. The zero-order chi connectivity index (χ0) is 21.2. The summed E-state index contributed by atoms with van der Waals surface area (Å²) in [6.07, 6.45) is 5.97. The molecule has 4 heteroatoms. The second-order valence-electron chi connectivity index (χ2n) is 8.87. The number of rotatable bonds is 11. The number of nitrogens with zero attached hydrogens (tertiary/aromatic N) is 1. The van der Waals surface area contributed by atoms with Crippen molar-refractivity contribution >= 4 is 5.97 Å². The Hall–Kier alpha value is -1.39. The number of hydrogen-bond donors (Lipinski definition) is 1. The zero-order valence-electron chi connectivity index (χ0n) is 18.9. The summed E-state index contributed by atoms with van der Waals surface area (Å²) in [6, 6.07) is 8.83. The highest BCUT2D eigenvalue weighted by Gasteiger charge is 2.22. The van der Waals surface area contributed by atoms with Crippen LogP contribution in [0.1, 0.15) is 89.2 Å². The number of likely N-dealkylation sites (tertiary alicyclic amines) is 1. The predicted molar refractivity (Wildman–Crippen MR) is 119 cm³/mol. The van der Waals surface area contributed by atoms with Gasteiger partial charge in [0.05, 0.1) is 5.92 Å². The van der Waals surface area contributed by atoms with Gasteiger partial charge in [-0.15, -0.1) is 0 Å². The molecule has 4 unspecified atom stereocenters. The molecule has 1 heterocycles. The quantitative estimate of drug-likeness (QED) is 0.522. The third kappa shape index (κ3) is 7.75. The van der Waals surface area contributed by atoms with Gasteiger partial charge in [0.15, 0.2) is 0 Å². The Morgan fingerprint density at radius 3 is 2.45 bits per heavy atom. The van der Waals surface area contributed by atoms with Gasteiger partial charge in [0.25, 0.3) is 0 Å². The number of esters is 1. The molecule has 0 spiro atoms. The van der Waals surface area contributed by atoms with E-state index in [1.165, 1.54) is 30.4 Å². The van der Waals surface area contributed by atoms with E-state index in [1.807, 2.05) is 6.92 Å². The average molecular weight is 404 g/mol. The lowest BCUT2D eigenvalue weighted by atomic mass is 9.85. The standard InChI is InChI=1S/C25H41NO3/c1-5-19(3)22-11-10-12-23(16-22)21(6-2)15-20(4)25(28)29-18-24(27)17-26-13-8-7-9-14-26/h10-12,16,19-21,24,27H,5-9,13-15,17-18H2,1-4H3. The fraction of sp³-hybridized carbons (Fsp3) is 0.720. The summed E-state index contributed by atoms with van der Waals surface area (Å²) in [5.41, 5.74) is 2.69. The van der Waals surface area contributed by atoms with Gasteiger partial charge in [-0.1, -0.05) is 58.4 Å². The van der Waals surface area contributed by atoms with Crippen molar-refractivity contribution in [2.75, 3.05) is 26.2 Å². The van der Waals surface area contributed by atoms with Crippen LogP contribution < -0.4 is 0 Å². The number of carbonyl (C=O) groups excluding carboxylic acids is 1. The third-order valence-electron chi connectivity index (χ3n) is 6.43. The van der Waals surface area contributed by atoms with Gasteiger partial charge >= 0.3 is 5.97 Å². The maximum Gasteiger partial charge on any atom is 0.308 e. The summed E-state index contributed by atoms with van der Waals surface area (Å²) in [4.78, 5) is 14.8. The largest absolute Gasteiger partial charge is 0.463 e. The van der Waals surface area contributed by atoms with Gasteiger partial charge in [-0.25, -0.2) is 0 Å². The van der Waals surface area contributed by atoms with E-state index in [0.717, 1.165) is 32.4 Å². The van der Waals surface area contributed by atoms with Crippen LogP contribution in [0.5, 0.6) is 0 Å². The van der Waals surface area contributed by atoms with Crippen LogP contribution in [-0.4, -0.2) is 48.3 Å². The minimum atomic E-state index is -0.599. The Balaban J connectivity index is 1.83. The summed E-state index contributed by atoms with van der Waals surface area (Å²) in [6.45, 7) is 11.4. The Kier molecular flexibility index (Phi) is 10.2. The van der Waals surface area contributed by atoms with Crippen LogP contribution in [0, 0.1) is 5.92 Å². The molecule has 1 aromatic carbocycles. The van der Waals surface area contributed by atoms with Crippen molar-refractivity contribution in [2.24, 2.45) is 5.92 Å². The molecule has 2 rings (SSSR count). The first-order valence-electron chi connectivity index (χ1n) is 11.6. The molecule has 1 aromatic rings. The monoisotopic (exact) mass is 403 g/mol. The maximum absolute atomic E-state index is 12.5. The lowest BCUT2D eigenvalue weighted by molar-refractivity contribution is -0.151. The minimum absolute atomic E-state index is 0.0972. The first kappa shape index (κ1) is 23.9. The van der Waals surface area contributed by atoms with Gasteiger partial charge in [0.1, 0.15) is 12.7 Å². The third-order valence-corrected chi connectivity index (χ3v) is 6.43. The van der Waals surface area contributed by atoms with Crippen molar-refractivity contribution in [1.29, 1.82) is 0 Å². The fourth-order valence-corrected chi connectivity index (χ4v) is 4.23. The zero-order valence-corrected chi connectivity index (χ0v) is 18.9. The van der Waals surface area contributed by atoms with E-state index >= 15 is 0 Å². The molecule has 0 radical (unpaired) electrons. The fourth-order valence-electron chi connectivity index (χ4n) is 4.23. The van der Waals surface area contributed by atoms with E-state index in [-0.39, 0.29) is 18.5 Å². The van der Waals surface area contributed by atoms with Crippen molar-refractivity contribution in [1.82, 2.24) is 4.90 Å². The van der Waals surface area contributed by atoms with Crippen molar-refractivity contribution in [3.05, 3.63) is 35.4 Å². The summed E-state index contributed by atoms with van der Waals surface area (Å²) in [5, 5.41) is 10.2. The molecule has 0 amide bonds. The highest BCUT2D eigenvalue weighted by atomic mass is 16.5. The highest BCUT2D eigenvalue weighted by Crippen LogP contribution is 2.30. The van der Waals surface area contributed by atoms with E-state index in [0.29, 0.717) is 18.4 Å². The van der Waals surface area contributed by atoms with Crippen LogP contribution >= 0.6 is 0 Å². The van der Waals surface area contributed by atoms with Gasteiger partial charge < -0.3 is 14.7 Å². The molecule has 0 bridgehead atoms. The number of aliphatic hydroxyl groups excluding tert-OH is 1. The van der Waals surface area contributed by atoms with Crippen LogP contribution in [-0.2, 0) is 9.53 Å². The lowest BCUT2D eigenvalue weighted by Gasteiger charge is -2.28. The van der Waals surface area contributed by atoms with Gasteiger partial charge in [-0.05, 0) is 68.2 Å². The SMILES string of the molecule is CCC(C)c1cccc(C(CC)CC(C)C(=O)OCC(O)CN2CCCCC2)c1. The van der Waals surface area contributed by atoms with E-state index in [9.17, 15) is 9.90 Å². The van der Waals surface area contributed by atoms with E-state index in [1.54, 1.807) is 0 Å². The van der Waals surface area contributed by atoms with Crippen LogP contribution in [0.4, 0.5) is 0 Å². The van der Waals surface area contributed by atoms with E-state index < -0.39 is 6.10 Å². The number of carbonyl (C=O) groups is 1. The number of β-amino-alcohol motifs (C(OH)–C–C–N with tert-alkyl or cyclic N) is 1. The molecule has 1 fully saturated rings. The van der Waals surface area contributed by atoms with Crippen molar-refractivity contribution in [2.45, 2.75) is 84.2 Å². The smallest absolute Gasteiger partial charge is 0.308 e. The molecule has 1 saturated heterocycles. The Labute approximate surface area is 177 Å². The molecule has 29 heavy (non-hydrogen) atoms. The molecular formula is C25H41NO3. The molecular weight excluding hydrogens is 362 g/mol. The second kappa shape index (κ2) is 12.3. The minimum Gasteiger partial charge on any atom is -0.463 e. The molecule has 1 N–H and O–H groups in total. The number of aliphatic hydroxyl groups is 1. The molecule has 0 aromatic heterocycles. The Bertz CT molecular complexity index is 612. The normalized spacial score (nSPS) is 19.3. The van der Waals surface area contributed by atoms with Crippen LogP contribution in [0.2, 0.25) is 0 Å². The van der Waals surface area contributed by atoms with Crippen LogP contribution in [0.3, 0.4) is 0 Å². The molecule has 1 aliphatic heterocycles. The topological polar surface area (TPSA) is 49.8 Å². The number of piperidine rings is 1. The first-order valence-corrected chi connectivity index (χ1v) is 11.6. The molecule has 4 atom stereocenters. The summed E-state index contributed by atoms with van der Waals surface area (Å²) < 4.78 is 5.45. The van der Waals surface area contributed by atoms with Gasteiger partial charge in [0, 0.05) is 6.54 Å². The number of ether oxygens (including phenoxy) is 1. The number of hydrogen-bond acceptors (Lipinski definition) is 4. The van der Waals surface area contributed by atoms with Crippen LogP contribution in [0.15, 0.2) is 24.3 Å². The van der Waals surface area contributed by atoms with E-state index in [4.69, 9.17) is 4.74 Å². The predicted octanol–water partition coefficient (Wildman–Crippen LogP) is 5.11. The van der Waals surface area contributed by atoms with Crippen molar-refractivity contribution < 1.29 is 14.6 Å². The molecule has 0 aliphatic carbocycles. The molecule has 0 saturated carbocycles. The molecule has 4 nitrogen and oxygen atoms in total. The number of benzene rings is 1. The van der Waals surface area contributed by atoms with Gasteiger partial charge in [-0.3, -0.25) is 4.79 Å². The van der Waals surface area contributed by atoms with Crippen LogP contribution in [0.25, 0.3) is 0 Å². The molecule has 164 valence electrons. The van der Waals surface area contributed by atoms with Crippen molar-refractivity contribution in [3.8, 4) is 0 Å². The van der Waals surface area contributed by atoms with E-state index in [2.05, 4.69) is 49.9 Å². The Morgan fingerprint density at radius 1 is 1.10 bits per heavy atom. The summed E-state index contributed by atoms with van der Waals surface area (Å²) >= 11 is 0.